The number of carbonyl (C=O) groups is 2. The molecule has 4 heteroatoms. The number of carbonyl (C=O) groups excluding carboxylic acids is 2. The smallest absolute Gasteiger partial charge is 0.320 e. The second-order valence-corrected chi connectivity index (χ2v) is 7.78. The van der Waals surface area contributed by atoms with Crippen molar-refractivity contribution in [2.24, 2.45) is 5.41 Å². The number of nitrogens with zero attached hydrogens (tertiary/aromatic N) is 1. The molecule has 3 rings (SSSR count). The van der Waals surface area contributed by atoms with E-state index in [4.69, 9.17) is 4.74 Å². The maximum atomic E-state index is 13.0. The van der Waals surface area contributed by atoms with Crippen LogP contribution < -0.4 is 0 Å². The minimum absolute atomic E-state index is 0.0941. The Hall–Kier alpha value is -1.68. The number of hydrogen-bond acceptors (Lipinski definition) is 4. The Morgan fingerprint density at radius 3 is 2.42 bits per heavy atom. The van der Waals surface area contributed by atoms with E-state index in [1.165, 1.54) is 25.7 Å². The van der Waals surface area contributed by atoms with E-state index in [0.29, 0.717) is 19.3 Å². The van der Waals surface area contributed by atoms with Crippen molar-refractivity contribution in [3.63, 3.8) is 0 Å². The highest BCUT2D eigenvalue weighted by Crippen LogP contribution is 2.38. The predicted molar refractivity (Wildman–Crippen MR) is 102 cm³/mol. The van der Waals surface area contributed by atoms with Crippen molar-refractivity contribution in [1.82, 2.24) is 4.90 Å². The predicted octanol–water partition coefficient (Wildman–Crippen LogP) is 4.13. The van der Waals surface area contributed by atoms with Crippen molar-refractivity contribution >= 4 is 11.8 Å². The van der Waals surface area contributed by atoms with Crippen LogP contribution in [-0.4, -0.2) is 36.3 Å². The lowest BCUT2D eigenvalue weighted by Crippen LogP contribution is -2.45. The summed E-state index contributed by atoms with van der Waals surface area (Å²) >= 11 is 0. The molecule has 2 fully saturated rings. The molecule has 1 aromatic carbocycles. The zero-order valence-electron chi connectivity index (χ0n) is 15.8. The van der Waals surface area contributed by atoms with E-state index < -0.39 is 5.41 Å². The highest BCUT2D eigenvalue weighted by molar-refractivity contribution is 6.04. The SMILES string of the molecule is O=C1CCCC[C@@]1(CCN1CCCCCC1)C(=O)OCc1ccccc1. The first kappa shape index (κ1) is 19.1. The van der Waals surface area contributed by atoms with E-state index >= 15 is 0 Å². The zero-order chi connectivity index (χ0) is 18.2. The van der Waals surface area contributed by atoms with Crippen LogP contribution in [0.3, 0.4) is 0 Å². The standard InChI is InChI=1S/C22H31NO3/c24-20-12-6-7-13-22(20,14-17-23-15-8-1-2-9-16-23)21(25)26-18-19-10-4-3-5-11-19/h3-5,10-11H,1-2,6-9,12-18H2/t22-/m0/s1. The maximum absolute atomic E-state index is 13.0. The Balaban J connectivity index is 1.64. The summed E-state index contributed by atoms with van der Waals surface area (Å²) in [6.45, 7) is 3.25. The number of ether oxygens (including phenoxy) is 1. The molecular formula is C22H31NO3. The van der Waals surface area contributed by atoms with Crippen LogP contribution in [0.4, 0.5) is 0 Å². The molecule has 1 saturated heterocycles. The van der Waals surface area contributed by atoms with E-state index in [9.17, 15) is 9.59 Å². The zero-order valence-corrected chi connectivity index (χ0v) is 15.8. The lowest BCUT2D eigenvalue weighted by atomic mass is 9.70. The first-order chi connectivity index (χ1) is 12.7. The van der Waals surface area contributed by atoms with Gasteiger partial charge in [0.2, 0.25) is 0 Å². The van der Waals surface area contributed by atoms with Crippen molar-refractivity contribution < 1.29 is 14.3 Å². The lowest BCUT2D eigenvalue weighted by Gasteiger charge is -2.35. The van der Waals surface area contributed by atoms with Crippen LogP contribution in [0.15, 0.2) is 30.3 Å². The third-order valence-corrected chi connectivity index (χ3v) is 5.95. The van der Waals surface area contributed by atoms with E-state index in [-0.39, 0.29) is 18.4 Å². The number of benzene rings is 1. The van der Waals surface area contributed by atoms with Gasteiger partial charge in [-0.1, -0.05) is 49.6 Å². The van der Waals surface area contributed by atoms with Crippen LogP contribution in [0.5, 0.6) is 0 Å². The normalized spacial score (nSPS) is 24.8. The van der Waals surface area contributed by atoms with Gasteiger partial charge in [-0.3, -0.25) is 9.59 Å². The molecular weight excluding hydrogens is 326 g/mol. The lowest BCUT2D eigenvalue weighted by molar-refractivity contribution is -0.164. The number of Topliss-reactive ketones (excluding diaryl/α,β-unsaturated/α-hetero) is 1. The van der Waals surface area contributed by atoms with E-state index in [2.05, 4.69) is 4.90 Å². The van der Waals surface area contributed by atoms with Gasteiger partial charge >= 0.3 is 5.97 Å². The number of ketones is 1. The Morgan fingerprint density at radius 1 is 1.00 bits per heavy atom. The Labute approximate surface area is 156 Å². The van der Waals surface area contributed by atoms with Gasteiger partial charge in [0.25, 0.3) is 0 Å². The number of esters is 1. The molecule has 4 nitrogen and oxygen atoms in total. The van der Waals surface area contributed by atoms with Crippen molar-refractivity contribution in [2.75, 3.05) is 19.6 Å². The molecule has 0 amide bonds. The summed E-state index contributed by atoms with van der Waals surface area (Å²) in [5.41, 5.74) is 0.0473. The highest BCUT2D eigenvalue weighted by atomic mass is 16.5. The average molecular weight is 357 g/mol. The summed E-state index contributed by atoms with van der Waals surface area (Å²) in [5.74, 6) is -0.211. The molecule has 0 N–H and O–H groups in total. The van der Waals surface area contributed by atoms with Crippen LogP contribution in [0.2, 0.25) is 0 Å². The second kappa shape index (κ2) is 9.31. The molecule has 0 spiro atoms. The molecule has 26 heavy (non-hydrogen) atoms. The number of likely N-dealkylation sites (tertiary alicyclic amines) is 1. The van der Waals surface area contributed by atoms with E-state index in [0.717, 1.165) is 38.0 Å². The minimum atomic E-state index is -0.917. The summed E-state index contributed by atoms with van der Waals surface area (Å²) in [7, 11) is 0. The third-order valence-electron chi connectivity index (χ3n) is 5.95. The molecule has 1 aliphatic carbocycles. The maximum Gasteiger partial charge on any atom is 0.320 e. The summed E-state index contributed by atoms with van der Waals surface area (Å²) in [6.07, 6.45) is 8.63. The molecule has 0 aromatic heterocycles. The number of hydrogen-bond donors (Lipinski definition) is 0. The monoisotopic (exact) mass is 357 g/mol. The van der Waals surface area contributed by atoms with Gasteiger partial charge < -0.3 is 9.64 Å². The molecule has 1 saturated carbocycles. The molecule has 2 aliphatic rings. The van der Waals surface area contributed by atoms with Crippen molar-refractivity contribution in [3.8, 4) is 0 Å². The molecule has 1 heterocycles. The van der Waals surface area contributed by atoms with E-state index in [1.807, 2.05) is 30.3 Å². The van der Waals surface area contributed by atoms with Crippen LogP contribution in [-0.2, 0) is 20.9 Å². The van der Waals surface area contributed by atoms with Crippen LogP contribution in [0.1, 0.15) is 63.4 Å². The molecule has 1 aliphatic heterocycles. The first-order valence-electron chi connectivity index (χ1n) is 10.2. The first-order valence-corrected chi connectivity index (χ1v) is 10.2. The molecule has 1 atom stereocenters. The van der Waals surface area contributed by atoms with Gasteiger partial charge in [0.15, 0.2) is 0 Å². The molecule has 0 unspecified atom stereocenters. The van der Waals surface area contributed by atoms with Gasteiger partial charge in [-0.25, -0.2) is 0 Å². The third kappa shape index (κ3) is 4.73. The van der Waals surface area contributed by atoms with Crippen molar-refractivity contribution in [1.29, 1.82) is 0 Å². The summed E-state index contributed by atoms with van der Waals surface area (Å²) in [4.78, 5) is 28.2. The fourth-order valence-corrected chi connectivity index (χ4v) is 4.24. The molecule has 1 aromatic rings. The van der Waals surface area contributed by atoms with Crippen LogP contribution >= 0.6 is 0 Å². The van der Waals surface area contributed by atoms with Gasteiger partial charge in [0.05, 0.1) is 0 Å². The Morgan fingerprint density at radius 2 is 1.73 bits per heavy atom. The number of rotatable bonds is 6. The van der Waals surface area contributed by atoms with Crippen LogP contribution in [0.25, 0.3) is 0 Å². The summed E-state index contributed by atoms with van der Waals surface area (Å²) in [6, 6.07) is 9.70. The van der Waals surface area contributed by atoms with Gasteiger partial charge in [-0.2, -0.15) is 0 Å². The summed E-state index contributed by atoms with van der Waals surface area (Å²) < 4.78 is 5.63. The quantitative estimate of drug-likeness (QED) is 0.567. The highest BCUT2D eigenvalue weighted by Gasteiger charge is 2.47. The fourth-order valence-electron chi connectivity index (χ4n) is 4.24. The second-order valence-electron chi connectivity index (χ2n) is 7.78. The average Bonchev–Trinajstić information content (AvgIpc) is 2.95. The largest absolute Gasteiger partial charge is 0.460 e. The topological polar surface area (TPSA) is 46.6 Å². The Kier molecular flexibility index (Phi) is 6.84. The Bertz CT molecular complexity index is 593. The van der Waals surface area contributed by atoms with Gasteiger partial charge in [0, 0.05) is 6.42 Å². The minimum Gasteiger partial charge on any atom is -0.460 e. The van der Waals surface area contributed by atoms with Crippen LogP contribution in [0, 0.1) is 5.41 Å². The molecule has 0 bridgehead atoms. The van der Waals surface area contributed by atoms with Crippen molar-refractivity contribution in [3.05, 3.63) is 35.9 Å². The molecule has 142 valence electrons. The summed E-state index contributed by atoms with van der Waals surface area (Å²) in [5, 5.41) is 0. The fraction of sp³-hybridized carbons (Fsp3) is 0.636. The van der Waals surface area contributed by atoms with Gasteiger partial charge in [-0.15, -0.1) is 0 Å². The van der Waals surface area contributed by atoms with Crippen molar-refractivity contribution in [2.45, 2.75) is 64.4 Å². The molecule has 0 radical (unpaired) electrons. The van der Waals surface area contributed by atoms with Gasteiger partial charge in [0.1, 0.15) is 17.8 Å². The van der Waals surface area contributed by atoms with E-state index in [1.54, 1.807) is 0 Å². The van der Waals surface area contributed by atoms with Gasteiger partial charge in [-0.05, 0) is 57.3 Å².